The van der Waals surface area contributed by atoms with Crippen LogP contribution in [-0.2, 0) is 22.7 Å². The van der Waals surface area contributed by atoms with Gasteiger partial charge in [0.2, 0.25) is 5.95 Å². The first-order valence-electron chi connectivity index (χ1n) is 15.4. The summed E-state index contributed by atoms with van der Waals surface area (Å²) in [5, 5.41) is 15.0. The van der Waals surface area contributed by atoms with Gasteiger partial charge < -0.3 is 14.4 Å². The third kappa shape index (κ3) is 7.04. The summed E-state index contributed by atoms with van der Waals surface area (Å²) in [7, 11) is 2.78. The second-order valence-corrected chi connectivity index (χ2v) is 13.5. The Balaban J connectivity index is 0.000000871. The number of nitrogens with zero attached hydrogens (tertiary/aromatic N) is 5. The van der Waals surface area contributed by atoms with Crippen molar-refractivity contribution in [3.05, 3.63) is 34.9 Å². The van der Waals surface area contributed by atoms with Crippen molar-refractivity contribution in [1.29, 1.82) is 5.26 Å². The van der Waals surface area contributed by atoms with Crippen LogP contribution in [0.4, 0.5) is 20.1 Å². The van der Waals surface area contributed by atoms with E-state index < -0.39 is 17.5 Å². The van der Waals surface area contributed by atoms with Crippen molar-refractivity contribution in [3.8, 4) is 17.3 Å². The number of aromatic nitrogens is 3. The van der Waals surface area contributed by atoms with E-state index in [-0.39, 0.29) is 15.3 Å². The zero-order valence-corrected chi connectivity index (χ0v) is 29.3. The molecule has 1 saturated heterocycles. The van der Waals surface area contributed by atoms with E-state index in [0.29, 0.717) is 36.2 Å². The number of carbonyl (C=O) groups excluding carboxylic acids is 1. The number of benzene rings is 1. The molecule has 2 unspecified atom stereocenters. The van der Waals surface area contributed by atoms with Crippen molar-refractivity contribution in [2.75, 3.05) is 23.3 Å². The van der Waals surface area contributed by atoms with Crippen molar-refractivity contribution in [3.63, 3.8) is 0 Å². The number of thiophene rings is 1. The van der Waals surface area contributed by atoms with Gasteiger partial charge in [-0.1, -0.05) is 41.0 Å². The molecule has 1 aromatic carbocycles. The first-order chi connectivity index (χ1) is 21.5. The molecule has 6 rings (SSSR count). The molecule has 9 nitrogen and oxygen atoms in total. The highest BCUT2D eigenvalue weighted by Crippen LogP contribution is 2.44. The number of rotatable bonds is 3. The van der Waals surface area contributed by atoms with Crippen LogP contribution in [0.3, 0.4) is 0 Å². The minimum Gasteiger partial charge on any atom is -0.444 e. The van der Waals surface area contributed by atoms with Crippen molar-refractivity contribution in [2.45, 2.75) is 87.0 Å². The highest BCUT2D eigenvalue weighted by molar-refractivity contribution is 7.29. The van der Waals surface area contributed by atoms with Crippen molar-refractivity contribution < 1.29 is 18.7 Å². The highest BCUT2D eigenvalue weighted by atomic mass is 32.1. The number of hydrogen-bond acceptors (Lipinski definition) is 9. The summed E-state index contributed by atoms with van der Waals surface area (Å²) >= 11 is 0.981. The van der Waals surface area contributed by atoms with Gasteiger partial charge in [0, 0.05) is 40.9 Å². The standard InChI is InChI=1S/C28H28FN6O3PS.C3H8.C2H6/c1-13-5-6-35(10-13)26-32-8-15-16-11-37-12-17(16)19(23(39)21(15)33-26)22-20-14(7-30)25(34-27(36)38-28(2,3)4)40-24(20)18(29)9-31-22;1-3-2;1-2/h8-9,13H,5-6,10-12,39H2,1-4H3,(H,34,36);3H2,1-2H3;1-2H3. The number of halogens is 1. The summed E-state index contributed by atoms with van der Waals surface area (Å²) < 4.78 is 26.6. The smallest absolute Gasteiger partial charge is 0.412 e. The Kier molecular flexibility index (Phi) is 11.0. The lowest BCUT2D eigenvalue weighted by Gasteiger charge is -2.19. The van der Waals surface area contributed by atoms with E-state index in [1.54, 1.807) is 20.8 Å². The molecule has 2 atom stereocenters. The van der Waals surface area contributed by atoms with Crippen LogP contribution in [0, 0.1) is 23.1 Å². The van der Waals surface area contributed by atoms with Gasteiger partial charge in [-0.2, -0.15) is 5.26 Å². The van der Waals surface area contributed by atoms with Crippen LogP contribution in [0.1, 0.15) is 84.9 Å². The molecule has 0 spiro atoms. The molecule has 45 heavy (non-hydrogen) atoms. The number of amides is 1. The molecule has 1 N–H and O–H groups in total. The molecular formula is C33H42FN6O3PS. The molecule has 240 valence electrons. The normalized spacial score (nSPS) is 15.6. The van der Waals surface area contributed by atoms with E-state index in [4.69, 9.17) is 14.5 Å². The van der Waals surface area contributed by atoms with Crippen LogP contribution in [0.25, 0.3) is 32.2 Å². The van der Waals surface area contributed by atoms with Gasteiger partial charge in [0.1, 0.15) is 16.7 Å². The summed E-state index contributed by atoms with van der Waals surface area (Å²) in [5.74, 6) is 0.658. The first-order valence-corrected chi connectivity index (χ1v) is 16.8. The number of pyridine rings is 1. The lowest BCUT2D eigenvalue weighted by molar-refractivity contribution is 0.0636. The summed E-state index contributed by atoms with van der Waals surface area (Å²) in [6.45, 7) is 18.2. The van der Waals surface area contributed by atoms with Gasteiger partial charge >= 0.3 is 6.09 Å². The van der Waals surface area contributed by atoms with Gasteiger partial charge in [0.05, 0.1) is 40.9 Å². The highest BCUT2D eigenvalue weighted by Gasteiger charge is 2.30. The second kappa shape index (κ2) is 14.3. The van der Waals surface area contributed by atoms with E-state index >= 15 is 4.39 Å². The average molecular weight is 653 g/mol. The van der Waals surface area contributed by atoms with Crippen LogP contribution < -0.4 is 15.5 Å². The van der Waals surface area contributed by atoms with Crippen molar-refractivity contribution in [1.82, 2.24) is 15.0 Å². The van der Waals surface area contributed by atoms with Gasteiger partial charge in [0.25, 0.3) is 0 Å². The molecule has 2 aliphatic heterocycles. The minimum absolute atomic E-state index is 0.124. The zero-order valence-electron chi connectivity index (χ0n) is 27.3. The monoisotopic (exact) mass is 652 g/mol. The third-order valence-electron chi connectivity index (χ3n) is 7.12. The maximum absolute atomic E-state index is 15.1. The van der Waals surface area contributed by atoms with Gasteiger partial charge in [-0.25, -0.2) is 19.2 Å². The molecule has 1 fully saturated rings. The zero-order chi connectivity index (χ0) is 33.1. The molecule has 12 heteroatoms. The molecule has 3 aromatic heterocycles. The van der Waals surface area contributed by atoms with E-state index in [1.807, 2.05) is 20.0 Å². The fourth-order valence-corrected chi connectivity index (χ4v) is 6.93. The molecule has 0 aliphatic carbocycles. The first kappa shape index (κ1) is 34.4. The van der Waals surface area contributed by atoms with Crippen molar-refractivity contribution in [2.24, 2.45) is 5.92 Å². The van der Waals surface area contributed by atoms with Gasteiger partial charge in [-0.05, 0) is 44.2 Å². The predicted octanol–water partition coefficient (Wildman–Crippen LogP) is 8.08. The summed E-state index contributed by atoms with van der Waals surface area (Å²) in [6.07, 6.45) is 4.62. The topological polar surface area (TPSA) is 113 Å². The van der Waals surface area contributed by atoms with Gasteiger partial charge in [-0.3, -0.25) is 10.3 Å². The Morgan fingerprint density at radius 2 is 1.93 bits per heavy atom. The molecule has 1 amide bonds. The Bertz CT molecular complexity index is 1760. The molecule has 0 radical (unpaired) electrons. The minimum atomic E-state index is -0.737. The predicted molar refractivity (Wildman–Crippen MR) is 184 cm³/mol. The quantitative estimate of drug-likeness (QED) is 0.221. The Morgan fingerprint density at radius 1 is 1.24 bits per heavy atom. The van der Waals surface area contributed by atoms with E-state index in [2.05, 4.69) is 56.3 Å². The third-order valence-corrected chi connectivity index (χ3v) is 8.80. The fraction of sp³-hybridized carbons (Fsp3) is 0.485. The Labute approximate surface area is 270 Å². The SMILES string of the molecule is CC.CC1CCN(c2ncc3c4c(c(-c5ncc(F)c6sc(NC(=O)OC(C)(C)C)c(C#N)c56)c(P)c3n2)COC4)C1.CCC. The number of nitrogens with one attached hydrogen (secondary N) is 1. The second-order valence-electron chi connectivity index (χ2n) is 11.9. The summed E-state index contributed by atoms with van der Waals surface area (Å²) in [4.78, 5) is 28.9. The molecule has 0 bridgehead atoms. The largest absolute Gasteiger partial charge is 0.444 e. The van der Waals surface area contributed by atoms with Crippen LogP contribution in [-0.4, -0.2) is 39.7 Å². The van der Waals surface area contributed by atoms with E-state index in [0.717, 1.165) is 69.9 Å². The van der Waals surface area contributed by atoms with Crippen LogP contribution in [0.2, 0.25) is 0 Å². The number of carbonyl (C=O) groups is 1. The Morgan fingerprint density at radius 3 is 2.56 bits per heavy atom. The van der Waals surface area contributed by atoms with E-state index in [1.165, 1.54) is 6.42 Å². The molecule has 5 heterocycles. The van der Waals surface area contributed by atoms with Gasteiger partial charge in [-0.15, -0.1) is 20.6 Å². The number of hydrogen-bond donors (Lipinski definition) is 1. The number of fused-ring (bicyclic) bond motifs is 4. The molecule has 4 aromatic rings. The summed E-state index contributed by atoms with van der Waals surface area (Å²) in [5.41, 5.74) is 3.16. The van der Waals surface area contributed by atoms with E-state index in [9.17, 15) is 10.1 Å². The maximum atomic E-state index is 15.1. The van der Waals surface area contributed by atoms with Gasteiger partial charge in [0.15, 0.2) is 5.82 Å². The fourth-order valence-electron chi connectivity index (χ4n) is 5.36. The van der Waals surface area contributed by atoms with Crippen molar-refractivity contribution >= 4 is 63.9 Å². The number of nitriles is 1. The number of anilines is 2. The molecular weight excluding hydrogens is 610 g/mol. The Hall–Kier alpha value is -3.45. The summed E-state index contributed by atoms with van der Waals surface area (Å²) in [6, 6.07) is 2.16. The average Bonchev–Trinajstić information content (AvgIpc) is 3.73. The number of ether oxygens (including phenoxy) is 2. The maximum Gasteiger partial charge on any atom is 0.412 e. The van der Waals surface area contributed by atoms with Crippen LogP contribution >= 0.6 is 20.6 Å². The lowest BCUT2D eigenvalue weighted by Crippen LogP contribution is -2.27. The van der Waals surface area contributed by atoms with Crippen LogP contribution in [0.5, 0.6) is 0 Å². The lowest BCUT2D eigenvalue weighted by atomic mass is 9.94. The molecule has 0 saturated carbocycles. The van der Waals surface area contributed by atoms with Crippen LogP contribution in [0.15, 0.2) is 12.4 Å². The molecule has 2 aliphatic rings.